The van der Waals surface area contributed by atoms with Gasteiger partial charge in [-0.1, -0.05) is 84.4 Å². The lowest BCUT2D eigenvalue weighted by Gasteiger charge is -2.40. The molecule has 5 nitrogen and oxygen atoms in total. The molecule has 0 N–H and O–H groups in total. The number of hydrogen-bond acceptors (Lipinski definition) is 5. The minimum absolute atomic E-state index is 0.686. The Morgan fingerprint density at radius 2 is 1.08 bits per heavy atom. The van der Waals surface area contributed by atoms with Crippen molar-refractivity contribution in [2.24, 2.45) is 0 Å². The van der Waals surface area contributed by atoms with E-state index in [1.54, 1.807) is 14.2 Å². The number of fused-ring (bicyclic) bond motifs is 3. The summed E-state index contributed by atoms with van der Waals surface area (Å²) < 4.78 is 11.4. The lowest BCUT2D eigenvalue weighted by atomic mass is 9.94. The molecule has 0 amide bonds. The van der Waals surface area contributed by atoms with Crippen LogP contribution >= 0.6 is 0 Å². The van der Waals surface area contributed by atoms with E-state index in [1.165, 1.54) is 5.56 Å². The molecule has 8 rings (SSSR count). The topological polar surface area (TPSA) is 37.8 Å². The minimum Gasteiger partial charge on any atom is -0.493 e. The average molecular weight is 626 g/mol. The van der Waals surface area contributed by atoms with Crippen LogP contribution < -0.4 is 19.3 Å². The maximum atomic E-state index is 5.76. The number of benzene rings is 6. The maximum Gasteiger partial charge on any atom is 0.161 e. The molecule has 1 aromatic heterocycles. The summed E-state index contributed by atoms with van der Waals surface area (Å²) in [5.74, 6) is 1.38. The molecule has 2 heterocycles. The molecule has 48 heavy (non-hydrogen) atoms. The lowest BCUT2D eigenvalue weighted by Crippen LogP contribution is -2.24. The van der Waals surface area contributed by atoms with Gasteiger partial charge in [-0.25, -0.2) is 4.98 Å². The molecule has 234 valence electrons. The van der Waals surface area contributed by atoms with Crippen LogP contribution in [0, 0.1) is 13.8 Å². The Bertz CT molecular complexity index is 2250. The molecular weight excluding hydrogens is 590 g/mol. The fourth-order valence-corrected chi connectivity index (χ4v) is 6.84. The number of hydrogen-bond donors (Lipinski definition) is 0. The molecular formula is C43H35N3O2. The summed E-state index contributed by atoms with van der Waals surface area (Å²) in [5.41, 5.74) is 13.9. The van der Waals surface area contributed by atoms with Gasteiger partial charge in [-0.05, 0) is 91.2 Å². The first-order valence-electron chi connectivity index (χ1n) is 16.1. The first-order valence-corrected chi connectivity index (χ1v) is 16.1. The summed E-state index contributed by atoms with van der Waals surface area (Å²) in [6, 6.07) is 49.2. The van der Waals surface area contributed by atoms with E-state index in [1.807, 2.05) is 6.07 Å². The molecule has 0 bridgehead atoms. The first-order chi connectivity index (χ1) is 23.6. The van der Waals surface area contributed by atoms with E-state index < -0.39 is 0 Å². The first kappa shape index (κ1) is 29.3. The van der Waals surface area contributed by atoms with Gasteiger partial charge in [0, 0.05) is 16.6 Å². The van der Waals surface area contributed by atoms with Crippen molar-refractivity contribution in [3.63, 3.8) is 0 Å². The highest BCUT2D eigenvalue weighted by Crippen LogP contribution is 2.55. The number of anilines is 6. The molecule has 0 radical (unpaired) electrons. The molecule has 0 unspecified atom stereocenters. The SMILES string of the molecule is COc1ccc(-c2cc(-c3ccc(C)cc3)nc3c(N4c5ccccc5N(c5ccccc5)c5ccccc54)ccc(C)c23)cc1OC. The van der Waals surface area contributed by atoms with Crippen molar-refractivity contribution in [1.82, 2.24) is 4.98 Å². The van der Waals surface area contributed by atoms with Crippen molar-refractivity contribution >= 4 is 45.0 Å². The van der Waals surface area contributed by atoms with Crippen LogP contribution in [0.1, 0.15) is 11.1 Å². The van der Waals surface area contributed by atoms with Crippen LogP contribution in [0.4, 0.5) is 34.1 Å². The van der Waals surface area contributed by atoms with E-state index in [4.69, 9.17) is 14.5 Å². The van der Waals surface area contributed by atoms with Gasteiger partial charge in [-0.3, -0.25) is 0 Å². The monoisotopic (exact) mass is 625 g/mol. The molecule has 0 fully saturated rings. The maximum absolute atomic E-state index is 5.76. The van der Waals surface area contributed by atoms with Gasteiger partial charge < -0.3 is 19.3 Å². The Morgan fingerprint density at radius 3 is 1.71 bits per heavy atom. The molecule has 0 aliphatic carbocycles. The highest BCUT2D eigenvalue weighted by atomic mass is 16.5. The quantitative estimate of drug-likeness (QED) is 0.184. The highest BCUT2D eigenvalue weighted by Gasteiger charge is 2.31. The second kappa shape index (κ2) is 11.9. The normalized spacial score (nSPS) is 12.1. The van der Waals surface area contributed by atoms with Gasteiger partial charge >= 0.3 is 0 Å². The molecule has 5 heteroatoms. The van der Waals surface area contributed by atoms with E-state index in [-0.39, 0.29) is 0 Å². The van der Waals surface area contributed by atoms with Crippen molar-refractivity contribution in [2.75, 3.05) is 24.0 Å². The number of methoxy groups -OCH3 is 2. The van der Waals surface area contributed by atoms with Gasteiger partial charge in [0.15, 0.2) is 11.5 Å². The van der Waals surface area contributed by atoms with E-state index in [0.717, 1.165) is 73.0 Å². The summed E-state index contributed by atoms with van der Waals surface area (Å²) in [4.78, 5) is 10.2. The van der Waals surface area contributed by atoms with Gasteiger partial charge in [0.05, 0.1) is 53.9 Å². The summed E-state index contributed by atoms with van der Waals surface area (Å²) in [6.07, 6.45) is 0. The van der Waals surface area contributed by atoms with Crippen molar-refractivity contribution in [3.05, 3.63) is 151 Å². The van der Waals surface area contributed by atoms with Crippen LogP contribution in [0.3, 0.4) is 0 Å². The summed E-state index contributed by atoms with van der Waals surface area (Å²) in [5, 5.41) is 1.09. The van der Waals surface area contributed by atoms with Crippen LogP contribution in [0.25, 0.3) is 33.3 Å². The summed E-state index contributed by atoms with van der Waals surface area (Å²) in [7, 11) is 3.34. The van der Waals surface area contributed by atoms with Gasteiger partial charge in [0.1, 0.15) is 0 Å². The Kier molecular flexibility index (Phi) is 7.30. The zero-order valence-corrected chi connectivity index (χ0v) is 27.4. The van der Waals surface area contributed by atoms with Crippen LogP contribution in [-0.2, 0) is 0 Å². The minimum atomic E-state index is 0.686. The zero-order valence-electron chi connectivity index (χ0n) is 27.4. The second-order valence-corrected chi connectivity index (χ2v) is 12.1. The lowest BCUT2D eigenvalue weighted by molar-refractivity contribution is 0.355. The Labute approximate surface area is 281 Å². The Balaban J connectivity index is 1.44. The number of para-hydroxylation sites is 5. The van der Waals surface area contributed by atoms with Gasteiger partial charge in [0.25, 0.3) is 0 Å². The second-order valence-electron chi connectivity index (χ2n) is 12.1. The number of aryl methyl sites for hydroxylation is 2. The van der Waals surface area contributed by atoms with E-state index in [9.17, 15) is 0 Å². The van der Waals surface area contributed by atoms with Gasteiger partial charge in [0.2, 0.25) is 0 Å². The summed E-state index contributed by atoms with van der Waals surface area (Å²) >= 11 is 0. The molecule has 1 aliphatic heterocycles. The number of pyridine rings is 1. The van der Waals surface area contributed by atoms with E-state index in [0.29, 0.717) is 11.5 Å². The molecule has 0 saturated heterocycles. The third-order valence-corrected chi connectivity index (χ3v) is 9.17. The predicted molar refractivity (Wildman–Crippen MR) is 198 cm³/mol. The van der Waals surface area contributed by atoms with E-state index >= 15 is 0 Å². The summed E-state index contributed by atoms with van der Waals surface area (Å²) in [6.45, 7) is 4.27. The average Bonchev–Trinajstić information content (AvgIpc) is 3.14. The van der Waals surface area contributed by atoms with Crippen molar-refractivity contribution in [3.8, 4) is 33.9 Å². The molecule has 7 aromatic rings. The highest BCUT2D eigenvalue weighted by molar-refractivity contribution is 6.10. The number of ether oxygens (including phenoxy) is 2. The Morgan fingerprint density at radius 1 is 0.500 bits per heavy atom. The number of aromatic nitrogens is 1. The van der Waals surface area contributed by atoms with E-state index in [2.05, 4.69) is 157 Å². The molecule has 6 aromatic carbocycles. The van der Waals surface area contributed by atoms with Gasteiger partial charge in [-0.15, -0.1) is 0 Å². The third-order valence-electron chi connectivity index (χ3n) is 9.17. The van der Waals surface area contributed by atoms with Crippen molar-refractivity contribution in [1.29, 1.82) is 0 Å². The van der Waals surface area contributed by atoms with Crippen LogP contribution in [-0.4, -0.2) is 19.2 Å². The van der Waals surface area contributed by atoms with Crippen LogP contribution in [0.15, 0.2) is 140 Å². The fraction of sp³-hybridized carbons (Fsp3) is 0.0930. The molecule has 0 atom stereocenters. The molecule has 0 saturated carbocycles. The fourth-order valence-electron chi connectivity index (χ4n) is 6.84. The molecule has 1 aliphatic rings. The molecule has 0 spiro atoms. The largest absolute Gasteiger partial charge is 0.493 e. The van der Waals surface area contributed by atoms with Crippen LogP contribution in [0.2, 0.25) is 0 Å². The van der Waals surface area contributed by atoms with Crippen molar-refractivity contribution in [2.45, 2.75) is 13.8 Å². The standard InChI is InChI=1S/C43H35N3O2/c1-28-18-21-30(22-19-28)34-27-33(31-23-25-40(47-3)41(26-31)48-4)42-29(2)20-24-39(43(42)44-34)46-37-16-10-8-14-35(37)45(32-12-6-5-7-13-32)36-15-9-11-17-38(36)46/h5-27H,1-4H3. The van der Waals surface area contributed by atoms with Crippen molar-refractivity contribution < 1.29 is 9.47 Å². The van der Waals surface area contributed by atoms with Crippen LogP contribution in [0.5, 0.6) is 11.5 Å². The third kappa shape index (κ3) is 4.83. The predicted octanol–water partition coefficient (Wildman–Crippen LogP) is 11.5. The number of rotatable bonds is 6. The Hall–Kier alpha value is -6.07. The zero-order chi connectivity index (χ0) is 32.8. The number of nitrogens with zero attached hydrogens (tertiary/aromatic N) is 3. The van der Waals surface area contributed by atoms with Gasteiger partial charge in [-0.2, -0.15) is 0 Å². The smallest absolute Gasteiger partial charge is 0.161 e.